The molecule has 68 heavy (non-hydrogen) atoms. The summed E-state index contributed by atoms with van der Waals surface area (Å²) in [7, 11) is 0. The van der Waals surface area contributed by atoms with Crippen molar-refractivity contribution in [1.29, 1.82) is 0 Å². The number of halogens is 2. The van der Waals surface area contributed by atoms with Crippen LogP contribution in [0.15, 0.2) is 164 Å². The minimum Gasteiger partial charge on any atom is -0.310 e. The fourth-order valence-corrected chi connectivity index (χ4v) is 13.0. The highest BCUT2D eigenvalue weighted by atomic mass is 19.1. The van der Waals surface area contributed by atoms with E-state index < -0.39 is 0 Å². The summed E-state index contributed by atoms with van der Waals surface area (Å²) in [5, 5.41) is 7.35. The first-order chi connectivity index (χ1) is 32.7. The van der Waals surface area contributed by atoms with Gasteiger partial charge in [-0.05, 0) is 181 Å². The van der Waals surface area contributed by atoms with Gasteiger partial charge in [0.15, 0.2) is 0 Å². The minimum absolute atomic E-state index is 0.117. The Hall–Kier alpha value is -7.30. The van der Waals surface area contributed by atoms with Crippen molar-refractivity contribution in [1.82, 2.24) is 0 Å². The molecule has 0 N–H and O–H groups in total. The molecule has 10 aromatic rings. The lowest BCUT2D eigenvalue weighted by molar-refractivity contribution is 0.475. The summed E-state index contributed by atoms with van der Waals surface area (Å²) >= 11 is 0. The molecule has 2 nitrogen and oxygen atoms in total. The Labute approximate surface area is 397 Å². The van der Waals surface area contributed by atoms with Crippen molar-refractivity contribution in [3.8, 4) is 22.3 Å². The van der Waals surface area contributed by atoms with Crippen LogP contribution in [0.2, 0.25) is 0 Å². The first-order valence-corrected chi connectivity index (χ1v) is 24.1. The smallest absolute Gasteiger partial charge is 0.123 e. The second kappa shape index (κ2) is 14.1. The van der Waals surface area contributed by atoms with Gasteiger partial charge in [0, 0.05) is 38.4 Å². The van der Waals surface area contributed by atoms with Gasteiger partial charge >= 0.3 is 0 Å². The third-order valence-corrected chi connectivity index (χ3v) is 16.2. The summed E-state index contributed by atoms with van der Waals surface area (Å²) in [5.74, 6) is -0.526. The van der Waals surface area contributed by atoms with Gasteiger partial charge in [-0.25, -0.2) is 8.78 Å². The van der Waals surface area contributed by atoms with Crippen molar-refractivity contribution in [3.05, 3.63) is 214 Å². The number of hydrogen-bond donors (Lipinski definition) is 0. The van der Waals surface area contributed by atoms with Gasteiger partial charge in [-0.1, -0.05) is 126 Å². The van der Waals surface area contributed by atoms with Crippen molar-refractivity contribution >= 4 is 66.4 Å². The molecule has 0 unspecified atom stereocenters. The van der Waals surface area contributed by atoms with Crippen LogP contribution >= 0.6 is 0 Å². The van der Waals surface area contributed by atoms with Gasteiger partial charge in [0.05, 0.1) is 22.7 Å². The molecule has 0 saturated carbocycles. The van der Waals surface area contributed by atoms with Gasteiger partial charge in [-0.15, -0.1) is 0 Å². The molecule has 0 fully saturated rings. The highest BCUT2D eigenvalue weighted by molar-refractivity contribution is 6.30. The quantitative estimate of drug-likeness (QED) is 0.154. The number of hydrogen-bond acceptors (Lipinski definition) is 2. The fraction of sp³-hybridized carbons (Fsp3) is 0.188. The standard InChI is InChI=1S/C64H52F2N2/c1-37-34-55(67(41-26-22-39(65)23-27-41)53-20-12-16-46-44-14-8-10-18-50(44)63(4,5)60(46)53)49-36-52-57-38(32-33-62(52,2)3)35-56(48-31-30-43(37)58(49)59(48)57)68(42-28-24-40(66)25-29-42)54-21-13-17-47-45-15-9-11-19-51(45)64(6,7)61(47)54/h8-31,34-36H,32-33H2,1-7H3. The van der Waals surface area contributed by atoms with Gasteiger partial charge in [-0.2, -0.15) is 0 Å². The summed E-state index contributed by atoms with van der Waals surface area (Å²) in [5.41, 5.74) is 19.4. The van der Waals surface area contributed by atoms with E-state index in [9.17, 15) is 4.39 Å². The molecule has 10 aromatic carbocycles. The maximum absolute atomic E-state index is 15.0. The molecule has 0 spiro atoms. The molecule has 0 atom stereocenters. The van der Waals surface area contributed by atoms with Gasteiger partial charge in [0.2, 0.25) is 0 Å². The number of anilines is 6. The lowest BCUT2D eigenvalue weighted by Gasteiger charge is -2.38. The van der Waals surface area contributed by atoms with Crippen molar-refractivity contribution in [3.63, 3.8) is 0 Å². The molecule has 0 amide bonds. The Balaban J connectivity index is 1.15. The predicted molar refractivity (Wildman–Crippen MR) is 281 cm³/mol. The number of rotatable bonds is 6. The predicted octanol–water partition coefficient (Wildman–Crippen LogP) is 17.9. The average molecular weight is 887 g/mol. The second-order valence-corrected chi connectivity index (χ2v) is 21.3. The molecule has 0 heterocycles. The summed E-state index contributed by atoms with van der Waals surface area (Å²) in [6.45, 7) is 16.4. The van der Waals surface area contributed by atoms with E-state index in [0.717, 1.165) is 57.7 Å². The molecule has 0 bridgehead atoms. The van der Waals surface area contributed by atoms with E-state index in [0.29, 0.717) is 0 Å². The van der Waals surface area contributed by atoms with E-state index in [-0.39, 0.29) is 27.9 Å². The molecular formula is C64H52F2N2. The third kappa shape index (κ3) is 5.55. The lowest BCUT2D eigenvalue weighted by Crippen LogP contribution is -2.24. The Kier molecular flexibility index (Phi) is 8.50. The van der Waals surface area contributed by atoms with Gasteiger partial charge in [0.25, 0.3) is 0 Å². The first kappa shape index (κ1) is 40.9. The molecule has 0 aromatic heterocycles. The van der Waals surface area contributed by atoms with Crippen LogP contribution in [-0.4, -0.2) is 0 Å². The molecule has 3 aliphatic carbocycles. The van der Waals surface area contributed by atoms with Crippen molar-refractivity contribution in [2.45, 2.75) is 77.6 Å². The van der Waals surface area contributed by atoms with Gasteiger partial charge < -0.3 is 9.80 Å². The Morgan fingerprint density at radius 3 is 1.44 bits per heavy atom. The molecule has 0 radical (unpaired) electrons. The number of aryl methyl sites for hydroxylation is 2. The molecule has 0 saturated heterocycles. The number of fused-ring (bicyclic) bond motifs is 6. The normalized spacial score (nSPS) is 15.7. The van der Waals surface area contributed by atoms with E-state index in [1.165, 1.54) is 82.7 Å². The van der Waals surface area contributed by atoms with Crippen LogP contribution in [0.25, 0.3) is 54.6 Å². The monoisotopic (exact) mass is 886 g/mol. The molecule has 13 rings (SSSR count). The summed E-state index contributed by atoms with van der Waals surface area (Å²) in [4.78, 5) is 4.83. The zero-order valence-corrected chi connectivity index (χ0v) is 39.7. The molecule has 332 valence electrons. The summed E-state index contributed by atoms with van der Waals surface area (Å²) in [6.07, 6.45) is 1.92. The third-order valence-electron chi connectivity index (χ3n) is 16.2. The van der Waals surface area contributed by atoms with Crippen LogP contribution in [0, 0.1) is 18.6 Å². The van der Waals surface area contributed by atoms with Crippen LogP contribution < -0.4 is 9.80 Å². The van der Waals surface area contributed by atoms with E-state index in [4.69, 9.17) is 0 Å². The largest absolute Gasteiger partial charge is 0.310 e. The number of nitrogens with zero attached hydrogens (tertiary/aromatic N) is 2. The zero-order valence-electron chi connectivity index (χ0n) is 39.7. The first-order valence-electron chi connectivity index (χ1n) is 24.1. The summed E-state index contributed by atoms with van der Waals surface area (Å²) in [6, 6.07) is 57.0. The summed E-state index contributed by atoms with van der Waals surface area (Å²) < 4.78 is 30.0. The Bertz CT molecular complexity index is 3750. The fourth-order valence-electron chi connectivity index (χ4n) is 13.0. The van der Waals surface area contributed by atoms with Crippen LogP contribution in [0.5, 0.6) is 0 Å². The SMILES string of the molecule is Cc1cc(N(c2ccc(F)cc2)c2cccc3c2C(C)(C)c2ccccc2-3)c2cc3c4c(cc(N(c5ccc(F)cc5)c5cccc6c5C(C)(C)c5ccccc5-6)c5ccc1c2c54)CCC3(C)C. The maximum Gasteiger partial charge on any atom is 0.123 e. The molecule has 0 aliphatic heterocycles. The molecule has 4 heteroatoms. The van der Waals surface area contributed by atoms with Crippen molar-refractivity contribution in [2.75, 3.05) is 9.80 Å². The van der Waals surface area contributed by atoms with Crippen LogP contribution in [0.3, 0.4) is 0 Å². The van der Waals surface area contributed by atoms with E-state index in [1.807, 2.05) is 24.3 Å². The lowest BCUT2D eigenvalue weighted by atomic mass is 9.70. The Morgan fingerprint density at radius 1 is 0.412 bits per heavy atom. The van der Waals surface area contributed by atoms with Crippen LogP contribution in [-0.2, 0) is 22.7 Å². The molecular weight excluding hydrogens is 835 g/mol. The second-order valence-electron chi connectivity index (χ2n) is 21.3. The van der Waals surface area contributed by atoms with E-state index >= 15 is 4.39 Å². The van der Waals surface area contributed by atoms with Gasteiger partial charge in [-0.3, -0.25) is 0 Å². The van der Waals surface area contributed by atoms with Crippen LogP contribution in [0.4, 0.5) is 42.9 Å². The number of benzene rings is 10. The topological polar surface area (TPSA) is 6.48 Å². The van der Waals surface area contributed by atoms with Crippen molar-refractivity contribution in [2.24, 2.45) is 0 Å². The minimum atomic E-state index is -0.297. The highest BCUT2D eigenvalue weighted by Crippen LogP contribution is 2.59. The molecule has 3 aliphatic rings. The highest BCUT2D eigenvalue weighted by Gasteiger charge is 2.42. The Morgan fingerprint density at radius 2 is 0.897 bits per heavy atom. The van der Waals surface area contributed by atoms with E-state index in [1.54, 1.807) is 24.3 Å². The maximum atomic E-state index is 15.0. The zero-order chi connectivity index (χ0) is 46.6. The van der Waals surface area contributed by atoms with Crippen LogP contribution in [0.1, 0.15) is 86.9 Å². The van der Waals surface area contributed by atoms with Gasteiger partial charge in [0.1, 0.15) is 11.6 Å². The van der Waals surface area contributed by atoms with Crippen molar-refractivity contribution < 1.29 is 8.78 Å². The van der Waals surface area contributed by atoms with E-state index in [2.05, 4.69) is 174 Å². The average Bonchev–Trinajstić information content (AvgIpc) is 3.72.